The lowest BCUT2D eigenvalue weighted by Gasteiger charge is -2.48. The van der Waals surface area contributed by atoms with Gasteiger partial charge < -0.3 is 4.74 Å². The van der Waals surface area contributed by atoms with Gasteiger partial charge in [-0.15, -0.1) is 0 Å². The third-order valence-electron chi connectivity index (χ3n) is 7.57. The highest BCUT2D eigenvalue weighted by molar-refractivity contribution is 8.00. The molecule has 1 aromatic carbocycles. The van der Waals surface area contributed by atoms with Gasteiger partial charge in [-0.1, -0.05) is 0 Å². The molecule has 8 aliphatic rings. The van der Waals surface area contributed by atoms with E-state index in [1.54, 1.807) is 16.7 Å². The Hall–Kier alpha value is -0.670. The second kappa shape index (κ2) is 5.41. The largest absolute Gasteiger partial charge is 0.489 e. The van der Waals surface area contributed by atoms with Gasteiger partial charge in [0.2, 0.25) is 0 Å². The maximum absolute atomic E-state index is 5.98. The predicted octanol–water partition coefficient (Wildman–Crippen LogP) is 4.73. The van der Waals surface area contributed by atoms with Crippen LogP contribution in [-0.2, 0) is 6.61 Å². The van der Waals surface area contributed by atoms with Crippen molar-refractivity contribution in [3.05, 3.63) is 28.8 Å². The number of nitrogens with zero attached hydrogens (tertiary/aromatic N) is 1. The van der Waals surface area contributed by atoms with Gasteiger partial charge in [-0.25, -0.2) is 0 Å². The molecule has 24 heavy (non-hydrogen) atoms. The zero-order chi connectivity index (χ0) is 15.7. The van der Waals surface area contributed by atoms with Gasteiger partial charge in [0.25, 0.3) is 0 Å². The molecule has 0 N–H and O–H groups in total. The van der Waals surface area contributed by atoms with E-state index in [1.807, 2.05) is 0 Å². The molecule has 4 atom stereocenters. The molecule has 4 unspecified atom stereocenters. The van der Waals surface area contributed by atoms with Gasteiger partial charge in [-0.3, -0.25) is 4.90 Å². The van der Waals surface area contributed by atoms with Crippen molar-refractivity contribution in [3.63, 3.8) is 0 Å². The third-order valence-corrected chi connectivity index (χ3v) is 9.09. The van der Waals surface area contributed by atoms with E-state index >= 15 is 0 Å². The van der Waals surface area contributed by atoms with Gasteiger partial charge in [0.1, 0.15) is 12.4 Å². The number of hydrogen-bond acceptors (Lipinski definition) is 3. The van der Waals surface area contributed by atoms with Gasteiger partial charge in [0.15, 0.2) is 0 Å². The summed E-state index contributed by atoms with van der Waals surface area (Å²) in [5, 5.41) is 0.926. The number of rotatable bonds is 2. The second-order valence-corrected chi connectivity index (χ2v) is 10.1. The maximum Gasteiger partial charge on any atom is 0.120 e. The summed E-state index contributed by atoms with van der Waals surface area (Å²) in [6.07, 6.45) is 8.59. The second-order valence-electron chi connectivity index (χ2n) is 8.73. The van der Waals surface area contributed by atoms with Crippen molar-refractivity contribution in [1.29, 1.82) is 0 Å². The van der Waals surface area contributed by atoms with Crippen molar-refractivity contribution >= 4 is 11.8 Å². The molecule has 1 aromatic rings. The highest BCUT2D eigenvalue weighted by atomic mass is 32.2. The number of fused-ring (bicyclic) bond motifs is 11. The molecule has 3 heteroatoms. The Labute approximate surface area is 149 Å². The molecule has 0 radical (unpaired) electrons. The van der Waals surface area contributed by atoms with Crippen molar-refractivity contribution in [2.75, 3.05) is 18.8 Å². The summed E-state index contributed by atoms with van der Waals surface area (Å²) in [5.41, 5.74) is 4.92. The van der Waals surface area contributed by atoms with Crippen molar-refractivity contribution in [2.45, 2.75) is 62.3 Å². The van der Waals surface area contributed by atoms with Gasteiger partial charge >= 0.3 is 0 Å². The highest BCUT2D eigenvalue weighted by Gasteiger charge is 2.41. The number of ether oxygens (including phenoxy) is 1. The van der Waals surface area contributed by atoms with Crippen LogP contribution < -0.4 is 4.74 Å². The quantitative estimate of drug-likeness (QED) is 0.771. The van der Waals surface area contributed by atoms with Gasteiger partial charge in [-0.2, -0.15) is 11.8 Å². The van der Waals surface area contributed by atoms with Crippen LogP contribution in [0.25, 0.3) is 0 Å². The van der Waals surface area contributed by atoms with Crippen LogP contribution in [0.2, 0.25) is 0 Å². The van der Waals surface area contributed by atoms with Crippen LogP contribution in [0, 0.1) is 11.8 Å². The molecule has 6 fully saturated rings. The number of benzene rings is 1. The smallest absolute Gasteiger partial charge is 0.120 e. The minimum absolute atomic E-state index is 0.685. The van der Waals surface area contributed by atoms with Crippen molar-refractivity contribution in [1.82, 2.24) is 4.90 Å². The first-order chi connectivity index (χ1) is 11.8. The summed E-state index contributed by atoms with van der Waals surface area (Å²) in [5.74, 6) is 5.27. The summed E-state index contributed by atoms with van der Waals surface area (Å²) >= 11 is 2.24. The van der Waals surface area contributed by atoms with Crippen LogP contribution in [-0.4, -0.2) is 29.0 Å². The van der Waals surface area contributed by atoms with Gasteiger partial charge in [0, 0.05) is 11.3 Å². The normalized spacial score (nSPS) is 42.3. The van der Waals surface area contributed by atoms with Crippen LogP contribution >= 0.6 is 11.8 Å². The summed E-state index contributed by atoms with van der Waals surface area (Å²) in [7, 11) is 0. The average molecular weight is 342 g/mol. The zero-order valence-corrected chi connectivity index (χ0v) is 15.2. The average Bonchev–Trinajstić information content (AvgIpc) is 2.70. The first kappa shape index (κ1) is 14.5. The molecule has 7 aliphatic heterocycles. The molecule has 9 rings (SSSR count). The summed E-state index contributed by atoms with van der Waals surface area (Å²) in [6, 6.07) is 5.49. The van der Waals surface area contributed by atoms with Gasteiger partial charge in [-0.05, 0) is 104 Å². The van der Waals surface area contributed by atoms with E-state index in [4.69, 9.17) is 4.74 Å². The molecule has 1 saturated carbocycles. The fourth-order valence-electron chi connectivity index (χ4n) is 6.20. The fraction of sp³-hybridized carbons (Fsp3) is 0.714. The lowest BCUT2D eigenvalue weighted by molar-refractivity contribution is 0.0471. The zero-order valence-electron chi connectivity index (χ0n) is 14.4. The maximum atomic E-state index is 5.98. The standard InChI is InChI=1S/C21H27NOS/c1-2-16-10-17(14(1)12-24-16)18-8-15-9-19(20(18)11-23-15)21-7-13-3-5-22(21)6-4-13/h8-9,13-14,16-17,21H,1-7,10-12H2. The molecule has 6 bridgehead atoms. The predicted molar refractivity (Wildman–Crippen MR) is 98.8 cm³/mol. The molecule has 1 aliphatic carbocycles. The Balaban J connectivity index is 1.40. The van der Waals surface area contributed by atoms with E-state index in [0.29, 0.717) is 6.04 Å². The van der Waals surface area contributed by atoms with E-state index in [1.165, 1.54) is 57.4 Å². The molecular formula is C21H27NOS. The van der Waals surface area contributed by atoms with Crippen molar-refractivity contribution in [3.8, 4) is 5.75 Å². The molecule has 7 heterocycles. The molecule has 0 aromatic heterocycles. The van der Waals surface area contributed by atoms with Crippen LogP contribution in [0.1, 0.15) is 67.2 Å². The number of thioether (sulfide) groups is 1. The van der Waals surface area contributed by atoms with Crippen LogP contribution in [0.5, 0.6) is 5.75 Å². The highest BCUT2D eigenvalue weighted by Crippen LogP contribution is 2.53. The Morgan fingerprint density at radius 1 is 1.00 bits per heavy atom. The van der Waals surface area contributed by atoms with Crippen molar-refractivity contribution < 1.29 is 4.74 Å². The fourth-order valence-corrected chi connectivity index (χ4v) is 7.76. The summed E-state index contributed by atoms with van der Waals surface area (Å²) in [4.78, 5) is 2.76. The monoisotopic (exact) mass is 341 g/mol. The summed E-state index contributed by atoms with van der Waals surface area (Å²) in [6.45, 7) is 3.49. The minimum atomic E-state index is 0.685. The van der Waals surface area contributed by atoms with E-state index in [-0.39, 0.29) is 0 Å². The van der Waals surface area contributed by atoms with E-state index in [9.17, 15) is 0 Å². The van der Waals surface area contributed by atoms with Gasteiger partial charge in [0.05, 0.1) is 0 Å². The Morgan fingerprint density at radius 3 is 2.50 bits per heavy atom. The molecule has 5 saturated heterocycles. The van der Waals surface area contributed by atoms with Crippen molar-refractivity contribution in [2.24, 2.45) is 11.8 Å². The molecule has 128 valence electrons. The Bertz CT molecular complexity index is 607. The van der Waals surface area contributed by atoms with Crippen LogP contribution in [0.4, 0.5) is 0 Å². The van der Waals surface area contributed by atoms with E-state index in [2.05, 4.69) is 28.8 Å². The number of hydrogen-bond donors (Lipinski definition) is 0. The van der Waals surface area contributed by atoms with Crippen LogP contribution in [0.3, 0.4) is 0 Å². The molecule has 2 nitrogen and oxygen atoms in total. The van der Waals surface area contributed by atoms with Crippen LogP contribution in [0.15, 0.2) is 12.1 Å². The Kier molecular flexibility index (Phi) is 3.27. The summed E-state index contributed by atoms with van der Waals surface area (Å²) < 4.78 is 5.98. The molecular weight excluding hydrogens is 314 g/mol. The third kappa shape index (κ3) is 2.13. The topological polar surface area (TPSA) is 12.5 Å². The SMILES string of the molecule is c1c2cc(C3CC4CCN3CC4)c(c1C1CC3CCC1CS3)CO2. The van der Waals surface area contributed by atoms with E-state index in [0.717, 1.165) is 35.4 Å². The first-order valence-electron chi connectivity index (χ1n) is 10.0. The lowest BCUT2D eigenvalue weighted by Crippen LogP contribution is -2.44. The Morgan fingerprint density at radius 2 is 1.88 bits per heavy atom. The number of piperidine rings is 3. The molecule has 0 spiro atoms. The lowest BCUT2D eigenvalue weighted by atomic mass is 9.72. The molecule has 0 amide bonds. The minimum Gasteiger partial charge on any atom is -0.489 e. The van der Waals surface area contributed by atoms with E-state index < -0.39 is 0 Å². The first-order valence-corrected chi connectivity index (χ1v) is 11.0.